The van der Waals surface area contributed by atoms with Gasteiger partial charge in [0, 0.05) is 11.7 Å². The van der Waals surface area contributed by atoms with Gasteiger partial charge in [-0.15, -0.1) is 0 Å². The van der Waals surface area contributed by atoms with Gasteiger partial charge in [-0.2, -0.15) is 0 Å². The van der Waals surface area contributed by atoms with E-state index < -0.39 is 23.8 Å². The molecular weight excluding hydrogens is 478 g/mol. The zero-order valence-corrected chi connectivity index (χ0v) is 23.8. The number of carbonyl (C=O) groups excluding carboxylic acids is 3. The highest BCUT2D eigenvalue weighted by Crippen LogP contribution is 2.35. The molecule has 7 heteroatoms. The zero-order chi connectivity index (χ0) is 28.0. The number of aryl methyl sites for hydroxylation is 2. The van der Waals surface area contributed by atoms with E-state index in [1.54, 1.807) is 25.7 Å². The first-order valence-corrected chi connectivity index (χ1v) is 13.6. The molecule has 2 aromatic rings. The summed E-state index contributed by atoms with van der Waals surface area (Å²) in [4.78, 5) is 42.7. The van der Waals surface area contributed by atoms with E-state index >= 15 is 0 Å². The molecule has 2 unspecified atom stereocenters. The Balaban J connectivity index is 2.02. The molecule has 1 saturated carbocycles. The van der Waals surface area contributed by atoms with Gasteiger partial charge < -0.3 is 20.3 Å². The summed E-state index contributed by atoms with van der Waals surface area (Å²) in [5, 5.41) is 5.89. The van der Waals surface area contributed by atoms with Crippen LogP contribution in [0.15, 0.2) is 48.5 Å². The first kappa shape index (κ1) is 29.2. The van der Waals surface area contributed by atoms with Gasteiger partial charge in [-0.05, 0) is 83.4 Å². The molecule has 206 valence electrons. The number of alkyl carbamates (subject to hydrolysis) is 1. The number of carbonyl (C=O) groups is 3. The van der Waals surface area contributed by atoms with Crippen molar-refractivity contribution < 1.29 is 19.1 Å². The monoisotopic (exact) mass is 521 g/mol. The van der Waals surface area contributed by atoms with Crippen molar-refractivity contribution in [2.45, 2.75) is 97.9 Å². The molecule has 1 aliphatic carbocycles. The lowest BCUT2D eigenvalue weighted by Crippen LogP contribution is -2.57. The van der Waals surface area contributed by atoms with E-state index in [4.69, 9.17) is 4.74 Å². The molecule has 2 aromatic carbocycles. The van der Waals surface area contributed by atoms with Crippen LogP contribution in [0.5, 0.6) is 0 Å². The molecule has 2 atom stereocenters. The summed E-state index contributed by atoms with van der Waals surface area (Å²) >= 11 is 0. The molecule has 3 rings (SSSR count). The van der Waals surface area contributed by atoms with Crippen LogP contribution in [-0.4, -0.2) is 40.5 Å². The molecule has 0 heterocycles. The smallest absolute Gasteiger partial charge is 0.408 e. The number of para-hydroxylation sites is 1. The van der Waals surface area contributed by atoms with Gasteiger partial charge in [0.1, 0.15) is 17.7 Å². The normalized spacial score (nSPS) is 15.3. The number of hydrogen-bond donors (Lipinski definition) is 2. The fraction of sp³-hybridized carbons (Fsp3) is 0.516. The third-order valence-corrected chi connectivity index (χ3v) is 6.74. The van der Waals surface area contributed by atoms with Crippen LogP contribution in [0, 0.1) is 19.8 Å². The minimum atomic E-state index is -0.844. The van der Waals surface area contributed by atoms with Crippen molar-refractivity contribution in [3.05, 3.63) is 65.2 Å². The van der Waals surface area contributed by atoms with E-state index in [9.17, 15) is 14.4 Å². The third kappa shape index (κ3) is 7.83. The maximum atomic E-state index is 14.3. The number of nitrogens with one attached hydrogen (secondary N) is 2. The highest BCUT2D eigenvalue weighted by atomic mass is 16.6. The average Bonchev–Trinajstić information content (AvgIpc) is 2.77. The molecule has 0 saturated heterocycles. The molecule has 3 amide bonds. The minimum absolute atomic E-state index is 0.0912. The second kappa shape index (κ2) is 12.5. The summed E-state index contributed by atoms with van der Waals surface area (Å²) in [5.41, 5.74) is 2.76. The number of nitrogens with zero attached hydrogens (tertiary/aromatic N) is 1. The van der Waals surface area contributed by atoms with Gasteiger partial charge in [0.05, 0.1) is 0 Å². The second-order valence-electron chi connectivity index (χ2n) is 11.8. The standard InChI is InChI=1S/C31H43N3O4/c1-20(2)19-26(33-30(37)38-31(5,6)7)29(36)34(24-12-10-13-24)27(23-17-15-21(3)16-18-23)28(35)32-25-14-9-8-11-22(25)4/h8-9,11,14-18,20,24,26-27H,10,12-13,19H2,1-7H3,(H,32,35)(H,33,37). The topological polar surface area (TPSA) is 87.7 Å². The fourth-order valence-electron chi connectivity index (χ4n) is 4.61. The number of anilines is 1. The van der Waals surface area contributed by atoms with Gasteiger partial charge in [-0.3, -0.25) is 9.59 Å². The van der Waals surface area contributed by atoms with E-state index in [0.717, 1.165) is 36.0 Å². The van der Waals surface area contributed by atoms with Crippen LogP contribution >= 0.6 is 0 Å². The summed E-state index contributed by atoms with van der Waals surface area (Å²) in [6.45, 7) is 13.3. The van der Waals surface area contributed by atoms with Crippen molar-refractivity contribution in [2.75, 3.05) is 5.32 Å². The first-order valence-electron chi connectivity index (χ1n) is 13.6. The van der Waals surface area contributed by atoms with Crippen molar-refractivity contribution in [3.63, 3.8) is 0 Å². The maximum absolute atomic E-state index is 14.3. The van der Waals surface area contributed by atoms with Crippen LogP contribution in [0.3, 0.4) is 0 Å². The number of ether oxygens (including phenoxy) is 1. The first-order chi connectivity index (χ1) is 17.9. The number of amides is 3. The highest BCUT2D eigenvalue weighted by Gasteiger charge is 2.42. The quantitative estimate of drug-likeness (QED) is 0.405. The lowest BCUT2D eigenvalue weighted by Gasteiger charge is -2.43. The average molecular weight is 522 g/mol. The largest absolute Gasteiger partial charge is 0.444 e. The van der Waals surface area contributed by atoms with Gasteiger partial charge in [0.15, 0.2) is 0 Å². The molecular formula is C31H43N3O4. The molecule has 1 fully saturated rings. The molecule has 7 nitrogen and oxygen atoms in total. The Morgan fingerprint density at radius 3 is 2.16 bits per heavy atom. The second-order valence-corrected chi connectivity index (χ2v) is 11.8. The molecule has 2 N–H and O–H groups in total. The lowest BCUT2D eigenvalue weighted by molar-refractivity contribution is -0.146. The van der Waals surface area contributed by atoms with E-state index in [2.05, 4.69) is 10.6 Å². The van der Waals surface area contributed by atoms with Crippen LogP contribution in [0.25, 0.3) is 0 Å². The molecule has 38 heavy (non-hydrogen) atoms. The van der Waals surface area contributed by atoms with Crippen LogP contribution in [-0.2, 0) is 14.3 Å². The van der Waals surface area contributed by atoms with Crippen LogP contribution in [0.2, 0.25) is 0 Å². The maximum Gasteiger partial charge on any atom is 0.408 e. The molecule has 0 aromatic heterocycles. The fourth-order valence-corrected chi connectivity index (χ4v) is 4.61. The van der Waals surface area contributed by atoms with E-state index in [1.807, 2.05) is 76.2 Å². The van der Waals surface area contributed by atoms with Crippen LogP contribution in [0.4, 0.5) is 10.5 Å². The molecule has 0 aliphatic heterocycles. The van der Waals surface area contributed by atoms with Crippen molar-refractivity contribution in [1.29, 1.82) is 0 Å². The summed E-state index contributed by atoms with van der Waals surface area (Å²) in [7, 11) is 0. The van der Waals surface area contributed by atoms with Gasteiger partial charge in [0.25, 0.3) is 5.91 Å². The van der Waals surface area contributed by atoms with Gasteiger partial charge in [0.2, 0.25) is 5.91 Å². The molecule has 0 bridgehead atoms. The molecule has 0 radical (unpaired) electrons. The highest BCUT2D eigenvalue weighted by molar-refractivity contribution is 5.99. The SMILES string of the molecule is Cc1ccc(C(C(=O)Nc2ccccc2C)N(C(=O)C(CC(C)C)NC(=O)OC(C)(C)C)C2CCC2)cc1. The molecule has 1 aliphatic rings. The lowest BCUT2D eigenvalue weighted by atomic mass is 9.87. The van der Waals surface area contributed by atoms with Crippen molar-refractivity contribution in [1.82, 2.24) is 10.2 Å². The number of benzene rings is 2. The number of rotatable bonds is 9. The Morgan fingerprint density at radius 1 is 1.00 bits per heavy atom. The summed E-state index contributed by atoms with van der Waals surface area (Å²) < 4.78 is 5.48. The Labute approximate surface area is 227 Å². The van der Waals surface area contributed by atoms with E-state index in [0.29, 0.717) is 12.1 Å². The predicted molar refractivity (Wildman–Crippen MR) is 151 cm³/mol. The van der Waals surface area contributed by atoms with E-state index in [-0.39, 0.29) is 23.8 Å². The minimum Gasteiger partial charge on any atom is -0.444 e. The van der Waals surface area contributed by atoms with Crippen molar-refractivity contribution in [3.8, 4) is 0 Å². The summed E-state index contributed by atoms with van der Waals surface area (Å²) in [6.07, 6.45) is 2.41. The Hall–Kier alpha value is -3.35. The summed E-state index contributed by atoms with van der Waals surface area (Å²) in [6, 6.07) is 13.6. The Bertz CT molecular complexity index is 1120. The Kier molecular flexibility index (Phi) is 9.58. The predicted octanol–water partition coefficient (Wildman–Crippen LogP) is 6.30. The third-order valence-electron chi connectivity index (χ3n) is 6.74. The van der Waals surface area contributed by atoms with Crippen molar-refractivity contribution >= 4 is 23.6 Å². The van der Waals surface area contributed by atoms with E-state index in [1.165, 1.54) is 0 Å². The Morgan fingerprint density at radius 2 is 1.63 bits per heavy atom. The van der Waals surface area contributed by atoms with Crippen LogP contribution < -0.4 is 10.6 Å². The van der Waals surface area contributed by atoms with Gasteiger partial charge in [-0.25, -0.2) is 4.79 Å². The van der Waals surface area contributed by atoms with Gasteiger partial charge >= 0.3 is 6.09 Å². The van der Waals surface area contributed by atoms with Crippen LogP contribution in [0.1, 0.15) is 83.0 Å². The van der Waals surface area contributed by atoms with Gasteiger partial charge in [-0.1, -0.05) is 61.9 Å². The van der Waals surface area contributed by atoms with Crippen molar-refractivity contribution in [2.24, 2.45) is 5.92 Å². The molecule has 0 spiro atoms. The summed E-state index contributed by atoms with van der Waals surface area (Å²) in [5.74, 6) is -0.399. The number of hydrogen-bond acceptors (Lipinski definition) is 4. The zero-order valence-electron chi connectivity index (χ0n) is 23.8.